The second-order valence-corrected chi connectivity index (χ2v) is 10.6. The average molecular weight is 502 g/mol. The number of aryl methyl sites for hydroxylation is 1. The summed E-state index contributed by atoms with van der Waals surface area (Å²) >= 11 is 0. The van der Waals surface area contributed by atoms with Crippen LogP contribution in [0.2, 0.25) is 0 Å². The van der Waals surface area contributed by atoms with Gasteiger partial charge in [-0.1, -0.05) is 13.0 Å². The van der Waals surface area contributed by atoms with Gasteiger partial charge < -0.3 is 14.6 Å². The van der Waals surface area contributed by atoms with Gasteiger partial charge in [-0.3, -0.25) is 9.69 Å². The van der Waals surface area contributed by atoms with Gasteiger partial charge in [0.15, 0.2) is 5.82 Å². The van der Waals surface area contributed by atoms with Crippen LogP contribution >= 0.6 is 0 Å². The van der Waals surface area contributed by atoms with Gasteiger partial charge >= 0.3 is 0 Å². The molecule has 2 aromatic carbocycles. The van der Waals surface area contributed by atoms with Crippen molar-refractivity contribution in [2.24, 2.45) is 0 Å². The number of nitrogens with zero attached hydrogens (tertiary/aromatic N) is 6. The Morgan fingerprint density at radius 1 is 1.03 bits per heavy atom. The molecule has 194 valence electrons. The van der Waals surface area contributed by atoms with Crippen LogP contribution in [0.25, 0.3) is 10.9 Å². The standard InChI is InChI=1S/C28H35N7O2/c1-6-19-7-12-24-20(17-19)18-23(27(36)29-24)25(26-30-31-32-35(26)28(2,3)4)34-15-13-33(14-16-34)21-8-10-22(37-5)11-9-21/h7-12,17-18,25H,6,13-16H2,1-5H3,(H,29,36). The number of benzene rings is 2. The number of methoxy groups -OCH3 is 1. The van der Waals surface area contributed by atoms with Crippen LogP contribution in [0.3, 0.4) is 0 Å². The van der Waals surface area contributed by atoms with Crippen LogP contribution in [0.5, 0.6) is 5.75 Å². The minimum Gasteiger partial charge on any atom is -0.497 e. The Morgan fingerprint density at radius 3 is 2.41 bits per heavy atom. The fourth-order valence-electron chi connectivity index (χ4n) is 5.07. The lowest BCUT2D eigenvalue weighted by atomic mass is 10.00. The molecule has 4 aromatic rings. The molecule has 1 N–H and O–H groups in total. The van der Waals surface area contributed by atoms with E-state index in [1.807, 2.05) is 28.9 Å². The molecule has 2 aromatic heterocycles. The number of anilines is 1. The van der Waals surface area contributed by atoms with Gasteiger partial charge in [-0.2, -0.15) is 0 Å². The van der Waals surface area contributed by atoms with E-state index in [1.165, 1.54) is 5.56 Å². The Hall–Kier alpha value is -3.72. The third kappa shape index (κ3) is 4.96. The van der Waals surface area contributed by atoms with Crippen molar-refractivity contribution in [3.8, 4) is 5.75 Å². The number of aromatic amines is 1. The van der Waals surface area contributed by atoms with E-state index in [0.717, 1.165) is 54.9 Å². The van der Waals surface area contributed by atoms with Gasteiger partial charge in [0.05, 0.1) is 12.6 Å². The van der Waals surface area contributed by atoms with Crippen LogP contribution in [-0.4, -0.2) is 63.4 Å². The Balaban J connectivity index is 1.53. The molecule has 0 bridgehead atoms. The maximum absolute atomic E-state index is 13.5. The number of hydrogen-bond acceptors (Lipinski definition) is 7. The molecule has 1 atom stereocenters. The van der Waals surface area contributed by atoms with E-state index in [2.05, 4.69) is 82.3 Å². The summed E-state index contributed by atoms with van der Waals surface area (Å²) in [5.74, 6) is 1.53. The summed E-state index contributed by atoms with van der Waals surface area (Å²) in [5.41, 5.74) is 3.45. The highest BCUT2D eigenvalue weighted by molar-refractivity contribution is 5.80. The molecule has 1 saturated heterocycles. The predicted molar refractivity (Wildman–Crippen MR) is 145 cm³/mol. The largest absolute Gasteiger partial charge is 0.497 e. The average Bonchev–Trinajstić information content (AvgIpc) is 3.40. The third-order valence-corrected chi connectivity index (χ3v) is 7.13. The number of pyridine rings is 1. The minimum absolute atomic E-state index is 0.109. The van der Waals surface area contributed by atoms with Crippen molar-refractivity contribution >= 4 is 16.6 Å². The SMILES string of the molecule is CCc1ccc2[nH]c(=O)c(C(c3nnnn3C(C)(C)C)N3CCN(c4ccc(OC)cc4)CC3)cc2c1. The number of rotatable bonds is 6. The Labute approximate surface area is 217 Å². The highest BCUT2D eigenvalue weighted by atomic mass is 16.5. The van der Waals surface area contributed by atoms with Crippen molar-refractivity contribution in [3.63, 3.8) is 0 Å². The molecule has 37 heavy (non-hydrogen) atoms. The number of aromatic nitrogens is 5. The van der Waals surface area contributed by atoms with Crippen molar-refractivity contribution in [3.05, 3.63) is 75.8 Å². The quantitative estimate of drug-likeness (QED) is 0.430. The normalized spacial score (nSPS) is 15.8. The van der Waals surface area contributed by atoms with Gasteiger partial charge in [-0.25, -0.2) is 4.68 Å². The molecule has 1 unspecified atom stereocenters. The number of piperazine rings is 1. The van der Waals surface area contributed by atoms with E-state index >= 15 is 0 Å². The maximum Gasteiger partial charge on any atom is 0.253 e. The van der Waals surface area contributed by atoms with Gasteiger partial charge in [0.1, 0.15) is 11.8 Å². The predicted octanol–water partition coefficient (Wildman–Crippen LogP) is 3.75. The molecule has 9 heteroatoms. The van der Waals surface area contributed by atoms with E-state index in [-0.39, 0.29) is 17.1 Å². The summed E-state index contributed by atoms with van der Waals surface area (Å²) < 4.78 is 7.16. The molecular formula is C28H35N7O2. The monoisotopic (exact) mass is 501 g/mol. The minimum atomic E-state index is -0.370. The van der Waals surface area contributed by atoms with Crippen molar-refractivity contribution in [2.45, 2.75) is 45.7 Å². The van der Waals surface area contributed by atoms with E-state index < -0.39 is 0 Å². The highest BCUT2D eigenvalue weighted by Gasteiger charge is 2.35. The Morgan fingerprint density at radius 2 is 1.76 bits per heavy atom. The lowest BCUT2D eigenvalue weighted by Crippen LogP contribution is -2.49. The second kappa shape index (κ2) is 9.97. The molecular weight excluding hydrogens is 466 g/mol. The number of hydrogen-bond donors (Lipinski definition) is 1. The van der Waals surface area contributed by atoms with E-state index in [4.69, 9.17) is 4.74 Å². The van der Waals surface area contributed by atoms with Crippen LogP contribution in [0.4, 0.5) is 5.69 Å². The van der Waals surface area contributed by atoms with Gasteiger partial charge in [0, 0.05) is 42.9 Å². The first-order valence-electron chi connectivity index (χ1n) is 12.9. The maximum atomic E-state index is 13.5. The summed E-state index contributed by atoms with van der Waals surface area (Å²) in [6.07, 6.45) is 0.934. The lowest BCUT2D eigenvalue weighted by Gasteiger charge is -2.40. The van der Waals surface area contributed by atoms with E-state index in [1.54, 1.807) is 7.11 Å². The molecule has 0 amide bonds. The summed E-state index contributed by atoms with van der Waals surface area (Å²) in [7, 11) is 1.68. The smallest absolute Gasteiger partial charge is 0.253 e. The molecule has 0 aliphatic carbocycles. The number of tetrazole rings is 1. The second-order valence-electron chi connectivity index (χ2n) is 10.6. The van der Waals surface area contributed by atoms with Crippen LogP contribution in [0.15, 0.2) is 53.3 Å². The summed E-state index contributed by atoms with van der Waals surface area (Å²) in [5, 5.41) is 13.8. The zero-order chi connectivity index (χ0) is 26.2. The summed E-state index contributed by atoms with van der Waals surface area (Å²) in [6, 6.07) is 16.0. The van der Waals surface area contributed by atoms with Crippen LogP contribution in [-0.2, 0) is 12.0 Å². The van der Waals surface area contributed by atoms with E-state index in [9.17, 15) is 4.79 Å². The van der Waals surface area contributed by atoms with Crippen molar-refractivity contribution < 1.29 is 4.74 Å². The molecule has 9 nitrogen and oxygen atoms in total. The highest BCUT2D eigenvalue weighted by Crippen LogP contribution is 2.31. The van der Waals surface area contributed by atoms with Crippen LogP contribution < -0.4 is 15.2 Å². The topological polar surface area (TPSA) is 92.2 Å². The Kier molecular flexibility index (Phi) is 6.72. The molecule has 1 aliphatic rings. The fourth-order valence-corrected chi connectivity index (χ4v) is 5.07. The fraction of sp³-hybridized carbons (Fsp3) is 0.429. The molecule has 1 aliphatic heterocycles. The molecule has 0 spiro atoms. The van der Waals surface area contributed by atoms with Crippen LogP contribution in [0, 0.1) is 0 Å². The number of fused-ring (bicyclic) bond motifs is 1. The first-order chi connectivity index (χ1) is 17.8. The lowest BCUT2D eigenvalue weighted by molar-refractivity contribution is 0.190. The van der Waals surface area contributed by atoms with Crippen molar-refractivity contribution in [1.82, 2.24) is 30.1 Å². The first kappa shape index (κ1) is 25.0. The zero-order valence-corrected chi connectivity index (χ0v) is 22.2. The van der Waals surface area contributed by atoms with Gasteiger partial charge in [0.25, 0.3) is 5.56 Å². The molecule has 1 fully saturated rings. The number of ether oxygens (including phenoxy) is 1. The zero-order valence-electron chi connectivity index (χ0n) is 22.2. The van der Waals surface area contributed by atoms with Crippen molar-refractivity contribution in [2.75, 3.05) is 38.2 Å². The third-order valence-electron chi connectivity index (χ3n) is 7.13. The van der Waals surface area contributed by atoms with Gasteiger partial charge in [-0.15, -0.1) is 5.10 Å². The van der Waals surface area contributed by atoms with E-state index in [0.29, 0.717) is 11.4 Å². The summed E-state index contributed by atoms with van der Waals surface area (Å²) in [6.45, 7) is 11.5. The molecule has 3 heterocycles. The van der Waals surface area contributed by atoms with Crippen molar-refractivity contribution in [1.29, 1.82) is 0 Å². The first-order valence-corrected chi connectivity index (χ1v) is 12.9. The molecule has 0 saturated carbocycles. The molecule has 5 rings (SSSR count). The molecule has 0 radical (unpaired) electrons. The Bertz CT molecular complexity index is 1430. The summed E-state index contributed by atoms with van der Waals surface area (Å²) in [4.78, 5) is 21.3. The van der Waals surface area contributed by atoms with Crippen LogP contribution in [0.1, 0.15) is 50.7 Å². The number of H-pyrrole nitrogens is 1. The number of nitrogens with one attached hydrogen (secondary N) is 1. The van der Waals surface area contributed by atoms with Gasteiger partial charge in [0.2, 0.25) is 0 Å². The van der Waals surface area contributed by atoms with Gasteiger partial charge in [-0.05, 0) is 91.0 Å².